The van der Waals surface area contributed by atoms with E-state index in [9.17, 15) is 4.79 Å². The predicted molar refractivity (Wildman–Crippen MR) is 126 cm³/mol. The number of ketones is 1. The zero-order valence-electron chi connectivity index (χ0n) is 18.7. The number of Topliss-reactive ketones (excluding diaryl/α,β-unsaturated/α-hetero) is 1. The van der Waals surface area contributed by atoms with Gasteiger partial charge in [0.2, 0.25) is 5.88 Å². The minimum Gasteiger partial charge on any atom is -0.476 e. The zero-order valence-corrected chi connectivity index (χ0v) is 18.7. The average molecular weight is 446 g/mol. The number of ether oxygens (including phenoxy) is 1. The summed E-state index contributed by atoms with van der Waals surface area (Å²) < 4.78 is 13.9. The van der Waals surface area contributed by atoms with Gasteiger partial charge in [0.1, 0.15) is 17.1 Å². The molecule has 1 saturated heterocycles. The quantitative estimate of drug-likeness (QED) is 0.501. The van der Waals surface area contributed by atoms with Crippen molar-refractivity contribution in [1.29, 1.82) is 0 Å². The molecule has 6 rings (SSSR count). The van der Waals surface area contributed by atoms with E-state index in [1.807, 2.05) is 24.3 Å². The first-order valence-corrected chi connectivity index (χ1v) is 11.6. The first-order valence-electron chi connectivity index (χ1n) is 11.6. The highest BCUT2D eigenvalue weighted by Gasteiger charge is 2.23. The monoisotopic (exact) mass is 445 g/mol. The Morgan fingerprint density at radius 3 is 3.06 bits per heavy atom. The number of anilines is 1. The Kier molecular flexibility index (Phi) is 5.02. The van der Waals surface area contributed by atoms with E-state index in [4.69, 9.17) is 9.15 Å². The first kappa shape index (κ1) is 20.2. The molecular weight excluding hydrogens is 418 g/mol. The molecule has 8 heteroatoms. The summed E-state index contributed by atoms with van der Waals surface area (Å²) in [6.45, 7) is 5.61. The molecule has 0 unspecified atom stereocenters. The molecule has 0 spiro atoms. The van der Waals surface area contributed by atoms with E-state index in [2.05, 4.69) is 39.4 Å². The van der Waals surface area contributed by atoms with Crippen molar-refractivity contribution in [1.82, 2.24) is 19.9 Å². The average Bonchev–Trinajstić information content (AvgIpc) is 3.54. The van der Waals surface area contributed by atoms with Crippen molar-refractivity contribution in [2.24, 2.45) is 5.92 Å². The second-order valence-corrected chi connectivity index (χ2v) is 9.14. The van der Waals surface area contributed by atoms with E-state index >= 15 is 0 Å². The fourth-order valence-electron chi connectivity index (χ4n) is 4.94. The van der Waals surface area contributed by atoms with Crippen molar-refractivity contribution in [3.05, 3.63) is 42.6 Å². The molecule has 1 N–H and O–H groups in total. The van der Waals surface area contributed by atoms with Crippen LogP contribution in [0.4, 0.5) is 5.69 Å². The SMILES string of the molecule is C[C@H]1CN(c2cccc3oc(-c4cnc5ccc(OC[C@@H]6CCC(=O)C6)nn45)cc23)CCN1. The van der Waals surface area contributed by atoms with Gasteiger partial charge in [0, 0.05) is 61.6 Å². The number of nitrogens with one attached hydrogen (secondary N) is 1. The molecule has 2 fully saturated rings. The number of hydrogen-bond acceptors (Lipinski definition) is 7. The lowest BCUT2D eigenvalue weighted by Gasteiger charge is -2.33. The third-order valence-electron chi connectivity index (χ3n) is 6.65. The standard InChI is InChI=1S/C25H27N5O3/c1-16-14-29(10-9-26-16)20-3-2-4-22-19(20)12-23(33-22)21-13-27-24-7-8-25(28-30(21)24)32-15-17-5-6-18(31)11-17/h2-4,7-8,12-13,16-17,26H,5-6,9-11,14-15H2,1H3/t16-,17+/m0/s1. The van der Waals surface area contributed by atoms with Crippen LogP contribution in [0.3, 0.4) is 0 Å². The second-order valence-electron chi connectivity index (χ2n) is 9.14. The fourth-order valence-corrected chi connectivity index (χ4v) is 4.94. The lowest BCUT2D eigenvalue weighted by molar-refractivity contribution is -0.117. The number of carbonyl (C=O) groups excluding carboxylic acids is 1. The summed E-state index contributed by atoms with van der Waals surface area (Å²) >= 11 is 0. The Hall–Kier alpha value is -3.39. The Morgan fingerprint density at radius 1 is 1.27 bits per heavy atom. The number of piperazine rings is 1. The Balaban J connectivity index is 1.31. The van der Waals surface area contributed by atoms with Crippen molar-refractivity contribution in [3.63, 3.8) is 0 Å². The highest BCUT2D eigenvalue weighted by atomic mass is 16.5. The maximum Gasteiger partial charge on any atom is 0.231 e. The molecule has 33 heavy (non-hydrogen) atoms. The number of rotatable bonds is 5. The van der Waals surface area contributed by atoms with Crippen LogP contribution in [-0.4, -0.2) is 52.7 Å². The maximum atomic E-state index is 11.5. The fraction of sp³-hybridized carbons (Fsp3) is 0.400. The predicted octanol–water partition coefficient (Wildman–Crippen LogP) is 3.69. The van der Waals surface area contributed by atoms with E-state index in [1.165, 1.54) is 5.69 Å². The first-order chi connectivity index (χ1) is 16.1. The van der Waals surface area contributed by atoms with Crippen molar-refractivity contribution >= 4 is 28.1 Å². The molecular formula is C25H27N5O3. The molecule has 1 aromatic carbocycles. The smallest absolute Gasteiger partial charge is 0.231 e. The number of fused-ring (bicyclic) bond motifs is 2. The number of aromatic nitrogens is 3. The van der Waals surface area contributed by atoms with Crippen LogP contribution < -0.4 is 15.0 Å². The highest BCUT2D eigenvalue weighted by Crippen LogP contribution is 2.34. The van der Waals surface area contributed by atoms with Gasteiger partial charge >= 0.3 is 0 Å². The Bertz CT molecular complexity index is 1330. The summed E-state index contributed by atoms with van der Waals surface area (Å²) in [6.07, 6.45) is 3.94. The lowest BCUT2D eigenvalue weighted by Crippen LogP contribution is -2.49. The summed E-state index contributed by atoms with van der Waals surface area (Å²) in [7, 11) is 0. The Labute approximate surface area is 191 Å². The van der Waals surface area contributed by atoms with E-state index in [1.54, 1.807) is 10.7 Å². The molecule has 0 amide bonds. The molecule has 1 saturated carbocycles. The molecule has 4 heterocycles. The molecule has 170 valence electrons. The second kappa shape index (κ2) is 8.19. The van der Waals surface area contributed by atoms with E-state index < -0.39 is 0 Å². The molecule has 1 aliphatic heterocycles. The summed E-state index contributed by atoms with van der Waals surface area (Å²) in [5.74, 6) is 1.84. The van der Waals surface area contributed by atoms with Crippen molar-refractivity contribution in [2.45, 2.75) is 32.2 Å². The number of benzene rings is 1. The minimum absolute atomic E-state index is 0.277. The van der Waals surface area contributed by atoms with Crippen LogP contribution in [0.1, 0.15) is 26.2 Å². The van der Waals surface area contributed by atoms with E-state index in [-0.39, 0.29) is 5.92 Å². The van der Waals surface area contributed by atoms with Crippen LogP contribution in [0.2, 0.25) is 0 Å². The van der Waals surface area contributed by atoms with Crippen LogP contribution >= 0.6 is 0 Å². The van der Waals surface area contributed by atoms with Crippen molar-refractivity contribution < 1.29 is 13.9 Å². The van der Waals surface area contributed by atoms with Gasteiger partial charge in [-0.05, 0) is 37.6 Å². The van der Waals surface area contributed by atoms with Crippen LogP contribution in [0.15, 0.2) is 47.0 Å². The normalized spacial score (nSPS) is 21.4. The summed E-state index contributed by atoms with van der Waals surface area (Å²) in [5.41, 5.74) is 3.54. The summed E-state index contributed by atoms with van der Waals surface area (Å²) in [4.78, 5) is 18.4. The van der Waals surface area contributed by atoms with Gasteiger partial charge in [-0.3, -0.25) is 4.79 Å². The van der Waals surface area contributed by atoms with Gasteiger partial charge in [0.15, 0.2) is 11.4 Å². The number of furan rings is 1. The molecule has 1 aliphatic carbocycles. The van der Waals surface area contributed by atoms with Crippen LogP contribution in [0.25, 0.3) is 28.1 Å². The van der Waals surface area contributed by atoms with Gasteiger partial charge in [0.25, 0.3) is 0 Å². The molecule has 0 bridgehead atoms. The summed E-state index contributed by atoms with van der Waals surface area (Å²) in [6, 6.07) is 12.5. The van der Waals surface area contributed by atoms with Crippen LogP contribution in [-0.2, 0) is 4.79 Å². The maximum absolute atomic E-state index is 11.5. The molecule has 4 aromatic rings. The molecule has 2 aliphatic rings. The molecule has 3 aromatic heterocycles. The van der Waals surface area contributed by atoms with Gasteiger partial charge in [0.05, 0.1) is 12.8 Å². The minimum atomic E-state index is 0.277. The third kappa shape index (κ3) is 3.84. The number of nitrogens with zero attached hydrogens (tertiary/aromatic N) is 4. The van der Waals surface area contributed by atoms with Crippen LogP contribution in [0, 0.1) is 5.92 Å². The molecule has 0 radical (unpaired) electrons. The van der Waals surface area contributed by atoms with E-state index in [0.717, 1.165) is 54.1 Å². The zero-order chi connectivity index (χ0) is 22.4. The summed E-state index contributed by atoms with van der Waals surface area (Å²) in [5, 5.41) is 9.24. The van der Waals surface area contributed by atoms with Crippen LogP contribution in [0.5, 0.6) is 5.88 Å². The van der Waals surface area contributed by atoms with Gasteiger partial charge in [-0.15, -0.1) is 5.10 Å². The topological polar surface area (TPSA) is 84.9 Å². The van der Waals surface area contributed by atoms with E-state index in [0.29, 0.717) is 37.2 Å². The number of carbonyl (C=O) groups is 1. The van der Waals surface area contributed by atoms with Crippen molar-refractivity contribution in [2.75, 3.05) is 31.1 Å². The van der Waals surface area contributed by atoms with Gasteiger partial charge in [-0.25, -0.2) is 9.50 Å². The number of hydrogen-bond donors (Lipinski definition) is 1. The van der Waals surface area contributed by atoms with Gasteiger partial charge in [-0.1, -0.05) is 6.07 Å². The molecule has 2 atom stereocenters. The number of imidazole rings is 1. The van der Waals surface area contributed by atoms with Gasteiger partial charge in [-0.2, -0.15) is 0 Å². The Morgan fingerprint density at radius 2 is 2.21 bits per heavy atom. The third-order valence-corrected chi connectivity index (χ3v) is 6.65. The largest absolute Gasteiger partial charge is 0.476 e. The highest BCUT2D eigenvalue weighted by molar-refractivity contribution is 5.94. The van der Waals surface area contributed by atoms with Crippen molar-refractivity contribution in [3.8, 4) is 17.3 Å². The molecule has 8 nitrogen and oxygen atoms in total. The van der Waals surface area contributed by atoms with Gasteiger partial charge < -0.3 is 19.4 Å². The lowest BCUT2D eigenvalue weighted by atomic mass is 10.1.